The third-order valence-corrected chi connectivity index (χ3v) is 5.90. The van der Waals surface area contributed by atoms with Gasteiger partial charge < -0.3 is 14.3 Å². The molecule has 2 fully saturated rings. The molecule has 1 aromatic rings. The Hall–Kier alpha value is -1.92. The number of rotatable bonds is 6. The summed E-state index contributed by atoms with van der Waals surface area (Å²) in [6.07, 6.45) is 6.42. The van der Waals surface area contributed by atoms with Crippen molar-refractivity contribution in [2.75, 3.05) is 26.2 Å². The standard InChI is InChI=1S/C20H32N4O3/c1-3-17-21-18(27-22-17)5-4-6-19(25)23-13-9-16(10-14-23)20(26)24-11-7-15(2)8-12-24/h15-16H,3-14H2,1-2H3. The largest absolute Gasteiger partial charge is 0.343 e. The summed E-state index contributed by atoms with van der Waals surface area (Å²) in [5, 5.41) is 3.87. The Morgan fingerprint density at radius 3 is 2.37 bits per heavy atom. The van der Waals surface area contributed by atoms with Crippen LogP contribution in [0, 0.1) is 11.8 Å². The Labute approximate surface area is 161 Å². The Kier molecular flexibility index (Phi) is 6.85. The van der Waals surface area contributed by atoms with Gasteiger partial charge in [-0.2, -0.15) is 4.98 Å². The summed E-state index contributed by atoms with van der Waals surface area (Å²) in [6.45, 7) is 7.43. The maximum atomic E-state index is 12.7. The van der Waals surface area contributed by atoms with Gasteiger partial charge in [-0.25, -0.2) is 0 Å². The molecule has 150 valence electrons. The molecule has 27 heavy (non-hydrogen) atoms. The molecule has 7 heteroatoms. The molecule has 0 aromatic carbocycles. The van der Waals surface area contributed by atoms with Crippen molar-refractivity contribution in [3.63, 3.8) is 0 Å². The molecule has 1 aromatic heterocycles. The molecule has 0 spiro atoms. The summed E-state index contributed by atoms with van der Waals surface area (Å²) < 4.78 is 5.16. The van der Waals surface area contributed by atoms with E-state index in [0.717, 1.165) is 57.5 Å². The normalized spacial score (nSPS) is 19.5. The van der Waals surface area contributed by atoms with Crippen LogP contribution in [0.2, 0.25) is 0 Å². The first-order valence-electron chi connectivity index (χ1n) is 10.4. The molecule has 2 amide bonds. The number of nitrogens with zero attached hydrogens (tertiary/aromatic N) is 4. The second kappa shape index (κ2) is 9.33. The van der Waals surface area contributed by atoms with E-state index in [9.17, 15) is 9.59 Å². The molecule has 3 rings (SSSR count). The lowest BCUT2D eigenvalue weighted by Gasteiger charge is -2.36. The van der Waals surface area contributed by atoms with Crippen molar-refractivity contribution < 1.29 is 14.1 Å². The van der Waals surface area contributed by atoms with E-state index in [1.54, 1.807) is 0 Å². The number of carbonyl (C=O) groups is 2. The molecule has 2 aliphatic heterocycles. The van der Waals surface area contributed by atoms with E-state index in [1.165, 1.54) is 0 Å². The number of amides is 2. The van der Waals surface area contributed by atoms with E-state index < -0.39 is 0 Å². The molecule has 0 bridgehead atoms. The van der Waals surface area contributed by atoms with Gasteiger partial charge in [0.1, 0.15) is 0 Å². The van der Waals surface area contributed by atoms with Gasteiger partial charge in [-0.15, -0.1) is 0 Å². The lowest BCUT2D eigenvalue weighted by atomic mass is 9.92. The predicted octanol–water partition coefficient (Wildman–Crippen LogP) is 2.45. The van der Waals surface area contributed by atoms with Gasteiger partial charge in [0.05, 0.1) is 0 Å². The molecule has 0 unspecified atom stereocenters. The van der Waals surface area contributed by atoms with Crippen LogP contribution < -0.4 is 0 Å². The molecule has 2 saturated heterocycles. The van der Waals surface area contributed by atoms with Crippen LogP contribution in [-0.2, 0) is 22.4 Å². The molecule has 0 radical (unpaired) electrons. The van der Waals surface area contributed by atoms with Crippen molar-refractivity contribution in [1.29, 1.82) is 0 Å². The third-order valence-electron chi connectivity index (χ3n) is 5.90. The lowest BCUT2D eigenvalue weighted by molar-refractivity contribution is -0.141. The predicted molar refractivity (Wildman–Crippen MR) is 101 cm³/mol. The van der Waals surface area contributed by atoms with Crippen LogP contribution in [0.5, 0.6) is 0 Å². The van der Waals surface area contributed by atoms with Crippen LogP contribution in [0.25, 0.3) is 0 Å². The maximum absolute atomic E-state index is 12.7. The summed E-state index contributed by atoms with van der Waals surface area (Å²) in [5.41, 5.74) is 0. The first-order valence-corrected chi connectivity index (χ1v) is 10.4. The summed E-state index contributed by atoms with van der Waals surface area (Å²) in [5.74, 6) is 2.62. The van der Waals surface area contributed by atoms with Crippen molar-refractivity contribution in [2.45, 2.75) is 65.2 Å². The summed E-state index contributed by atoms with van der Waals surface area (Å²) in [6, 6.07) is 0. The van der Waals surface area contributed by atoms with Crippen molar-refractivity contribution in [2.24, 2.45) is 11.8 Å². The minimum atomic E-state index is 0.0910. The zero-order valence-corrected chi connectivity index (χ0v) is 16.7. The zero-order valence-electron chi connectivity index (χ0n) is 16.7. The second-order valence-corrected chi connectivity index (χ2v) is 7.97. The highest BCUT2D eigenvalue weighted by Crippen LogP contribution is 2.24. The van der Waals surface area contributed by atoms with Gasteiger partial charge in [-0.1, -0.05) is 19.0 Å². The Morgan fingerprint density at radius 2 is 1.74 bits per heavy atom. The van der Waals surface area contributed by atoms with Crippen LogP contribution in [0.3, 0.4) is 0 Å². The van der Waals surface area contributed by atoms with Gasteiger partial charge in [0, 0.05) is 51.4 Å². The monoisotopic (exact) mass is 376 g/mol. The lowest BCUT2D eigenvalue weighted by Crippen LogP contribution is -2.46. The second-order valence-electron chi connectivity index (χ2n) is 7.97. The molecular weight excluding hydrogens is 344 g/mol. The molecular formula is C20H32N4O3. The van der Waals surface area contributed by atoms with Gasteiger partial charge in [-0.05, 0) is 38.0 Å². The first-order chi connectivity index (χ1) is 13.1. The highest BCUT2D eigenvalue weighted by molar-refractivity contribution is 5.80. The molecule has 3 heterocycles. The first kappa shape index (κ1) is 19.8. The van der Waals surface area contributed by atoms with E-state index in [0.29, 0.717) is 43.6 Å². The highest BCUT2D eigenvalue weighted by Gasteiger charge is 2.31. The van der Waals surface area contributed by atoms with Gasteiger partial charge in [-0.3, -0.25) is 9.59 Å². The summed E-state index contributed by atoms with van der Waals surface area (Å²) in [4.78, 5) is 33.3. The average molecular weight is 377 g/mol. The average Bonchev–Trinajstić information content (AvgIpc) is 3.16. The fourth-order valence-corrected chi connectivity index (χ4v) is 3.95. The van der Waals surface area contributed by atoms with E-state index in [2.05, 4.69) is 17.1 Å². The maximum Gasteiger partial charge on any atom is 0.226 e. The van der Waals surface area contributed by atoms with Crippen molar-refractivity contribution in [3.8, 4) is 0 Å². The fraction of sp³-hybridized carbons (Fsp3) is 0.800. The van der Waals surface area contributed by atoms with Crippen LogP contribution in [0.1, 0.15) is 64.1 Å². The number of aromatic nitrogens is 2. The van der Waals surface area contributed by atoms with Crippen LogP contribution in [-0.4, -0.2) is 57.9 Å². The van der Waals surface area contributed by atoms with E-state index in [4.69, 9.17) is 4.52 Å². The Bertz CT molecular complexity index is 629. The number of likely N-dealkylation sites (tertiary alicyclic amines) is 2. The van der Waals surface area contributed by atoms with Gasteiger partial charge in [0.25, 0.3) is 0 Å². The van der Waals surface area contributed by atoms with Crippen LogP contribution in [0.4, 0.5) is 0 Å². The smallest absolute Gasteiger partial charge is 0.226 e. The zero-order chi connectivity index (χ0) is 19.2. The number of piperidine rings is 2. The Balaban J connectivity index is 1.36. The summed E-state index contributed by atoms with van der Waals surface area (Å²) >= 11 is 0. The Morgan fingerprint density at radius 1 is 1.07 bits per heavy atom. The minimum Gasteiger partial charge on any atom is -0.343 e. The molecule has 0 atom stereocenters. The van der Waals surface area contributed by atoms with Gasteiger partial charge >= 0.3 is 0 Å². The SMILES string of the molecule is CCc1noc(CCCC(=O)N2CCC(C(=O)N3CCC(C)CC3)CC2)n1. The molecule has 0 saturated carbocycles. The molecule has 0 aliphatic carbocycles. The third kappa shape index (κ3) is 5.30. The van der Waals surface area contributed by atoms with E-state index in [1.807, 2.05) is 16.7 Å². The van der Waals surface area contributed by atoms with E-state index in [-0.39, 0.29) is 11.8 Å². The summed E-state index contributed by atoms with van der Waals surface area (Å²) in [7, 11) is 0. The van der Waals surface area contributed by atoms with E-state index >= 15 is 0 Å². The minimum absolute atomic E-state index is 0.0910. The molecule has 2 aliphatic rings. The van der Waals surface area contributed by atoms with Gasteiger partial charge in [0.15, 0.2) is 5.82 Å². The molecule has 7 nitrogen and oxygen atoms in total. The highest BCUT2D eigenvalue weighted by atomic mass is 16.5. The quantitative estimate of drug-likeness (QED) is 0.762. The number of hydrogen-bond acceptors (Lipinski definition) is 5. The number of aryl methyl sites for hydroxylation is 2. The van der Waals surface area contributed by atoms with Crippen molar-refractivity contribution in [3.05, 3.63) is 11.7 Å². The fourth-order valence-electron chi connectivity index (χ4n) is 3.95. The number of carbonyl (C=O) groups excluding carboxylic acids is 2. The van der Waals surface area contributed by atoms with Gasteiger partial charge in [0.2, 0.25) is 17.7 Å². The van der Waals surface area contributed by atoms with Crippen LogP contribution >= 0.6 is 0 Å². The van der Waals surface area contributed by atoms with Crippen molar-refractivity contribution in [1.82, 2.24) is 19.9 Å². The number of hydrogen-bond donors (Lipinski definition) is 0. The topological polar surface area (TPSA) is 79.5 Å². The molecule has 0 N–H and O–H groups in total. The van der Waals surface area contributed by atoms with Crippen LogP contribution in [0.15, 0.2) is 4.52 Å². The van der Waals surface area contributed by atoms with Crippen molar-refractivity contribution >= 4 is 11.8 Å².